The highest BCUT2D eigenvalue weighted by Crippen LogP contribution is 2.10. The van der Waals surface area contributed by atoms with Crippen LogP contribution in [0.25, 0.3) is 0 Å². The Labute approximate surface area is 102 Å². The van der Waals surface area contributed by atoms with E-state index in [1.165, 1.54) is 5.56 Å². The Kier molecular flexibility index (Phi) is 3.88. The van der Waals surface area contributed by atoms with Crippen molar-refractivity contribution in [1.82, 2.24) is 20.1 Å². The first-order chi connectivity index (χ1) is 8.27. The molecule has 0 aliphatic heterocycles. The molecule has 1 atom stereocenters. The monoisotopic (exact) mass is 230 g/mol. The summed E-state index contributed by atoms with van der Waals surface area (Å²) in [6, 6.07) is 10.8. The van der Waals surface area contributed by atoms with Crippen molar-refractivity contribution in [3.8, 4) is 0 Å². The minimum Gasteiger partial charge on any atom is -0.321 e. The average molecular weight is 230 g/mol. The predicted octanol–water partition coefficient (Wildman–Crippen LogP) is 1.71. The van der Waals surface area contributed by atoms with Gasteiger partial charge in [0.15, 0.2) is 0 Å². The number of benzene rings is 1. The summed E-state index contributed by atoms with van der Waals surface area (Å²) in [6.07, 6.45) is 2.63. The lowest BCUT2D eigenvalue weighted by molar-refractivity contribution is 0.564. The number of nitrogens with one attached hydrogen (secondary N) is 1. The number of hydrogen-bond acceptors (Lipinski definition) is 3. The van der Waals surface area contributed by atoms with Gasteiger partial charge in [0.05, 0.1) is 0 Å². The van der Waals surface area contributed by atoms with Crippen LogP contribution < -0.4 is 5.32 Å². The fraction of sp³-hybridized carbons (Fsp3) is 0.385. The van der Waals surface area contributed by atoms with E-state index in [1.54, 1.807) is 6.33 Å². The van der Waals surface area contributed by atoms with E-state index in [1.807, 2.05) is 17.7 Å². The van der Waals surface area contributed by atoms with Crippen molar-refractivity contribution in [1.29, 1.82) is 0 Å². The smallest absolute Gasteiger partial charge is 0.133 e. The third-order valence-corrected chi connectivity index (χ3v) is 2.90. The van der Waals surface area contributed by atoms with Crippen molar-refractivity contribution in [2.24, 2.45) is 7.05 Å². The molecule has 0 saturated heterocycles. The van der Waals surface area contributed by atoms with Crippen LogP contribution in [0.4, 0.5) is 0 Å². The normalized spacial score (nSPS) is 12.6. The highest BCUT2D eigenvalue weighted by Gasteiger charge is 2.05. The molecule has 1 unspecified atom stereocenters. The SMILES string of the molecule is CC(NCCc1nncn1C)c1ccccc1. The molecule has 0 aliphatic carbocycles. The summed E-state index contributed by atoms with van der Waals surface area (Å²) in [6.45, 7) is 3.08. The fourth-order valence-electron chi connectivity index (χ4n) is 1.79. The lowest BCUT2D eigenvalue weighted by Crippen LogP contribution is -2.22. The Morgan fingerprint density at radius 2 is 2.06 bits per heavy atom. The maximum atomic E-state index is 4.06. The molecular weight excluding hydrogens is 212 g/mol. The van der Waals surface area contributed by atoms with E-state index in [9.17, 15) is 0 Å². The molecule has 1 aromatic heterocycles. The van der Waals surface area contributed by atoms with Gasteiger partial charge >= 0.3 is 0 Å². The molecule has 1 heterocycles. The van der Waals surface area contributed by atoms with Crippen molar-refractivity contribution >= 4 is 0 Å². The molecule has 0 amide bonds. The number of aromatic nitrogens is 3. The first kappa shape index (κ1) is 11.8. The Hall–Kier alpha value is -1.68. The molecule has 0 fully saturated rings. The maximum Gasteiger partial charge on any atom is 0.133 e. The third kappa shape index (κ3) is 3.14. The van der Waals surface area contributed by atoms with Crippen LogP contribution in [-0.4, -0.2) is 21.3 Å². The predicted molar refractivity (Wildman–Crippen MR) is 67.6 cm³/mol. The highest BCUT2D eigenvalue weighted by molar-refractivity contribution is 5.17. The van der Waals surface area contributed by atoms with Crippen LogP contribution in [-0.2, 0) is 13.5 Å². The summed E-state index contributed by atoms with van der Waals surface area (Å²) in [7, 11) is 1.97. The van der Waals surface area contributed by atoms with E-state index < -0.39 is 0 Å². The standard InChI is InChI=1S/C13H18N4/c1-11(12-6-4-3-5-7-12)14-9-8-13-16-15-10-17(13)2/h3-7,10-11,14H,8-9H2,1-2H3. The molecule has 0 spiro atoms. The Morgan fingerprint density at radius 3 is 2.71 bits per heavy atom. The van der Waals surface area contributed by atoms with Gasteiger partial charge in [-0.2, -0.15) is 0 Å². The van der Waals surface area contributed by atoms with Crippen molar-refractivity contribution in [2.45, 2.75) is 19.4 Å². The summed E-state index contributed by atoms with van der Waals surface area (Å²) in [4.78, 5) is 0. The quantitative estimate of drug-likeness (QED) is 0.850. The topological polar surface area (TPSA) is 42.7 Å². The van der Waals surface area contributed by atoms with Crippen LogP contribution >= 0.6 is 0 Å². The van der Waals surface area contributed by atoms with Crippen LogP contribution in [0.5, 0.6) is 0 Å². The number of aryl methyl sites for hydroxylation is 1. The summed E-state index contributed by atoms with van der Waals surface area (Å²) in [5.74, 6) is 1.01. The van der Waals surface area contributed by atoms with Crippen molar-refractivity contribution < 1.29 is 0 Å². The largest absolute Gasteiger partial charge is 0.321 e. The summed E-state index contributed by atoms with van der Waals surface area (Å²) in [5.41, 5.74) is 1.31. The Bertz CT molecular complexity index is 449. The molecule has 0 radical (unpaired) electrons. The molecule has 2 aromatic rings. The van der Waals surface area contributed by atoms with Crippen LogP contribution in [0.15, 0.2) is 36.7 Å². The molecule has 0 saturated carbocycles. The second-order valence-electron chi connectivity index (χ2n) is 4.19. The van der Waals surface area contributed by atoms with Gasteiger partial charge in [0.2, 0.25) is 0 Å². The Morgan fingerprint density at radius 1 is 1.29 bits per heavy atom. The van der Waals surface area contributed by atoms with Gasteiger partial charge in [0, 0.05) is 26.1 Å². The lowest BCUT2D eigenvalue weighted by Gasteiger charge is -2.13. The van der Waals surface area contributed by atoms with E-state index in [2.05, 4.69) is 46.7 Å². The molecule has 0 aliphatic rings. The second kappa shape index (κ2) is 5.59. The Balaban J connectivity index is 1.81. The van der Waals surface area contributed by atoms with E-state index in [0.29, 0.717) is 6.04 Å². The molecule has 1 aromatic carbocycles. The summed E-state index contributed by atoms with van der Waals surface area (Å²) >= 11 is 0. The zero-order chi connectivity index (χ0) is 12.1. The fourth-order valence-corrected chi connectivity index (χ4v) is 1.79. The van der Waals surface area contributed by atoms with E-state index in [0.717, 1.165) is 18.8 Å². The van der Waals surface area contributed by atoms with Gasteiger partial charge in [0.1, 0.15) is 12.2 Å². The first-order valence-electron chi connectivity index (χ1n) is 5.88. The van der Waals surface area contributed by atoms with Crippen molar-refractivity contribution in [3.63, 3.8) is 0 Å². The van der Waals surface area contributed by atoms with Gasteiger partial charge in [-0.1, -0.05) is 30.3 Å². The van der Waals surface area contributed by atoms with Crippen LogP contribution in [0, 0.1) is 0 Å². The molecule has 0 bridgehead atoms. The first-order valence-corrected chi connectivity index (χ1v) is 5.88. The molecule has 4 heteroatoms. The highest BCUT2D eigenvalue weighted by atomic mass is 15.2. The molecule has 4 nitrogen and oxygen atoms in total. The zero-order valence-electron chi connectivity index (χ0n) is 10.3. The summed E-state index contributed by atoms with van der Waals surface area (Å²) < 4.78 is 1.95. The van der Waals surface area contributed by atoms with Gasteiger partial charge < -0.3 is 9.88 Å². The van der Waals surface area contributed by atoms with E-state index in [4.69, 9.17) is 0 Å². The lowest BCUT2D eigenvalue weighted by atomic mass is 10.1. The molecule has 2 rings (SSSR count). The molecule has 90 valence electrons. The van der Waals surface area contributed by atoms with Gasteiger partial charge in [-0.3, -0.25) is 0 Å². The van der Waals surface area contributed by atoms with Crippen LogP contribution in [0.2, 0.25) is 0 Å². The van der Waals surface area contributed by atoms with E-state index in [-0.39, 0.29) is 0 Å². The number of hydrogen-bond donors (Lipinski definition) is 1. The number of nitrogens with zero attached hydrogens (tertiary/aromatic N) is 3. The van der Waals surface area contributed by atoms with Gasteiger partial charge in [0.25, 0.3) is 0 Å². The third-order valence-electron chi connectivity index (χ3n) is 2.90. The van der Waals surface area contributed by atoms with Gasteiger partial charge in [-0.25, -0.2) is 0 Å². The van der Waals surface area contributed by atoms with Crippen molar-refractivity contribution in [3.05, 3.63) is 48.0 Å². The minimum atomic E-state index is 0.365. The van der Waals surface area contributed by atoms with Gasteiger partial charge in [-0.15, -0.1) is 10.2 Å². The summed E-state index contributed by atoms with van der Waals surface area (Å²) in [5, 5.41) is 11.4. The average Bonchev–Trinajstić information content (AvgIpc) is 2.76. The molecule has 1 N–H and O–H groups in total. The molecular formula is C13H18N4. The van der Waals surface area contributed by atoms with Crippen molar-refractivity contribution in [2.75, 3.05) is 6.54 Å². The molecule has 17 heavy (non-hydrogen) atoms. The van der Waals surface area contributed by atoms with Crippen LogP contribution in [0.1, 0.15) is 24.4 Å². The minimum absolute atomic E-state index is 0.365. The second-order valence-corrected chi connectivity index (χ2v) is 4.19. The zero-order valence-corrected chi connectivity index (χ0v) is 10.3. The van der Waals surface area contributed by atoms with Gasteiger partial charge in [-0.05, 0) is 12.5 Å². The number of rotatable bonds is 5. The van der Waals surface area contributed by atoms with E-state index >= 15 is 0 Å². The maximum absolute atomic E-state index is 4.06. The van der Waals surface area contributed by atoms with Crippen LogP contribution in [0.3, 0.4) is 0 Å².